The summed E-state index contributed by atoms with van der Waals surface area (Å²) in [7, 11) is 0. The molecule has 41 heavy (non-hydrogen) atoms. The Morgan fingerprint density at radius 1 is 1.17 bits per heavy atom. The number of ether oxygens (including phenoxy) is 1. The Bertz CT molecular complexity index is 1400. The Morgan fingerprint density at radius 2 is 1.90 bits per heavy atom. The fourth-order valence-electron chi connectivity index (χ4n) is 5.28. The molecule has 2 aliphatic rings. The summed E-state index contributed by atoms with van der Waals surface area (Å²) in [5.41, 5.74) is 0.571. The molecule has 2 atom stereocenters. The normalized spacial score (nSPS) is 20.2. The predicted molar refractivity (Wildman–Crippen MR) is 131 cm³/mol. The summed E-state index contributed by atoms with van der Waals surface area (Å²) in [4.78, 5) is 29.8. The number of aliphatic hydroxyl groups excluding tert-OH is 1. The third-order valence-electron chi connectivity index (χ3n) is 7.42. The summed E-state index contributed by atoms with van der Waals surface area (Å²) < 4.78 is 65.2. The molecule has 2 saturated carbocycles. The lowest BCUT2D eigenvalue weighted by molar-refractivity contribution is -0.136. The molecule has 222 valence electrons. The van der Waals surface area contributed by atoms with Gasteiger partial charge in [0.05, 0.1) is 30.7 Å². The van der Waals surface area contributed by atoms with Gasteiger partial charge in [0, 0.05) is 37.7 Å². The van der Waals surface area contributed by atoms with Crippen molar-refractivity contribution >= 4 is 17.5 Å². The SMILES string of the molecule is CCOc1nonc1C(=O)NC(c1cn2ncc([C@@H](O)NC(=O)CC3CC(F)(F)C3)cc2n1)C1CCC(F)(F)CC1. The lowest BCUT2D eigenvalue weighted by Crippen LogP contribution is -2.39. The van der Waals surface area contributed by atoms with Crippen LogP contribution in [0, 0.1) is 11.8 Å². The molecule has 0 spiro atoms. The lowest BCUT2D eigenvalue weighted by Gasteiger charge is -2.34. The molecule has 0 radical (unpaired) electrons. The van der Waals surface area contributed by atoms with Crippen LogP contribution in [0.5, 0.6) is 5.88 Å². The van der Waals surface area contributed by atoms with Gasteiger partial charge in [-0.3, -0.25) is 9.59 Å². The Hall–Kier alpha value is -3.82. The van der Waals surface area contributed by atoms with E-state index in [1.807, 2.05) is 0 Å². The van der Waals surface area contributed by atoms with Gasteiger partial charge in [-0.05, 0) is 48.0 Å². The van der Waals surface area contributed by atoms with Crippen molar-refractivity contribution in [3.63, 3.8) is 0 Å². The number of carbonyl (C=O) groups excluding carboxylic acids is 2. The summed E-state index contributed by atoms with van der Waals surface area (Å²) in [5, 5.41) is 27.0. The zero-order valence-electron chi connectivity index (χ0n) is 22.0. The van der Waals surface area contributed by atoms with Crippen molar-refractivity contribution in [3.05, 3.63) is 35.4 Å². The second kappa shape index (κ2) is 11.2. The number of nitrogens with zero attached hydrogens (tertiary/aromatic N) is 5. The van der Waals surface area contributed by atoms with Crippen molar-refractivity contribution in [1.29, 1.82) is 0 Å². The quantitative estimate of drug-likeness (QED) is 0.241. The first kappa shape index (κ1) is 28.7. The molecule has 12 nitrogen and oxygen atoms in total. The van der Waals surface area contributed by atoms with Crippen LogP contribution in [-0.2, 0) is 4.79 Å². The van der Waals surface area contributed by atoms with Gasteiger partial charge >= 0.3 is 0 Å². The van der Waals surface area contributed by atoms with E-state index in [0.717, 1.165) is 0 Å². The van der Waals surface area contributed by atoms with Crippen LogP contribution >= 0.6 is 0 Å². The Morgan fingerprint density at radius 3 is 2.59 bits per heavy atom. The predicted octanol–water partition coefficient (Wildman–Crippen LogP) is 3.35. The first-order chi connectivity index (χ1) is 19.4. The smallest absolute Gasteiger partial charge is 0.289 e. The Labute approximate surface area is 230 Å². The Balaban J connectivity index is 1.34. The minimum atomic E-state index is -2.79. The molecule has 0 aromatic carbocycles. The van der Waals surface area contributed by atoms with E-state index in [2.05, 4.69) is 35.7 Å². The molecule has 0 bridgehead atoms. The largest absolute Gasteiger partial charge is 0.474 e. The van der Waals surface area contributed by atoms with Gasteiger partial charge < -0.3 is 20.5 Å². The van der Waals surface area contributed by atoms with Crippen LogP contribution in [0.3, 0.4) is 0 Å². The van der Waals surface area contributed by atoms with E-state index in [0.29, 0.717) is 5.69 Å². The number of nitrogens with one attached hydrogen (secondary N) is 2. The first-order valence-corrected chi connectivity index (χ1v) is 13.3. The monoisotopic (exact) mass is 583 g/mol. The highest BCUT2D eigenvalue weighted by molar-refractivity contribution is 5.94. The van der Waals surface area contributed by atoms with E-state index < -0.39 is 41.8 Å². The fraction of sp³-hybridized carbons (Fsp3) is 0.600. The van der Waals surface area contributed by atoms with Crippen LogP contribution in [-0.4, -0.2) is 60.3 Å². The molecule has 3 aromatic rings. The third-order valence-corrected chi connectivity index (χ3v) is 7.42. The number of halogens is 4. The number of aromatic nitrogens is 5. The molecular formula is C25H29F4N7O5. The highest BCUT2D eigenvalue weighted by atomic mass is 19.3. The van der Waals surface area contributed by atoms with Crippen molar-refractivity contribution in [2.75, 3.05) is 6.61 Å². The van der Waals surface area contributed by atoms with Crippen LogP contribution < -0.4 is 15.4 Å². The highest BCUT2D eigenvalue weighted by Gasteiger charge is 2.46. The molecule has 16 heteroatoms. The van der Waals surface area contributed by atoms with E-state index >= 15 is 0 Å². The number of hydrogen-bond acceptors (Lipinski definition) is 9. The van der Waals surface area contributed by atoms with Gasteiger partial charge in [-0.1, -0.05) is 0 Å². The average Bonchev–Trinajstić information content (AvgIpc) is 3.53. The molecule has 3 aromatic heterocycles. The van der Waals surface area contributed by atoms with Crippen LogP contribution in [0.15, 0.2) is 23.1 Å². The summed E-state index contributed by atoms with van der Waals surface area (Å²) >= 11 is 0. The zero-order chi connectivity index (χ0) is 29.4. The molecule has 2 fully saturated rings. The zero-order valence-corrected chi connectivity index (χ0v) is 22.0. The maximum absolute atomic E-state index is 13.9. The average molecular weight is 584 g/mol. The van der Waals surface area contributed by atoms with E-state index in [9.17, 15) is 32.3 Å². The van der Waals surface area contributed by atoms with Crippen molar-refractivity contribution in [3.8, 4) is 5.88 Å². The standard InChI is InChI=1S/C25H29F4N7O5/c1-2-40-23-20(34-41-35-23)22(39)33-19(14-3-5-24(26,27)6-4-14)16-12-36-17(31-16)8-15(11-30-36)21(38)32-18(37)7-13-9-25(28,29)10-13/h8,11-14,19,21,38H,2-7,9-10H2,1H3,(H,32,37)(H,33,39)/t19?,21-/m1/s1. The molecular weight excluding hydrogens is 554 g/mol. The van der Waals surface area contributed by atoms with Gasteiger partial charge in [-0.15, -0.1) is 0 Å². The van der Waals surface area contributed by atoms with Crippen LogP contribution in [0.2, 0.25) is 0 Å². The molecule has 3 heterocycles. The van der Waals surface area contributed by atoms with Crippen molar-refractivity contribution in [2.24, 2.45) is 11.8 Å². The second-order valence-corrected chi connectivity index (χ2v) is 10.6. The number of fused-ring (bicyclic) bond motifs is 1. The van der Waals surface area contributed by atoms with Crippen LogP contribution in [0.25, 0.3) is 5.65 Å². The van der Waals surface area contributed by atoms with Gasteiger partial charge in [0.25, 0.3) is 11.8 Å². The summed E-state index contributed by atoms with van der Waals surface area (Å²) in [6.45, 7) is 1.90. The van der Waals surface area contributed by atoms with Crippen LogP contribution in [0.4, 0.5) is 17.6 Å². The second-order valence-electron chi connectivity index (χ2n) is 10.6. The maximum Gasteiger partial charge on any atom is 0.289 e. The van der Waals surface area contributed by atoms with Gasteiger partial charge in [0.1, 0.15) is 0 Å². The summed E-state index contributed by atoms with van der Waals surface area (Å²) in [5.74, 6) is -7.75. The number of imidazole rings is 1. The molecule has 3 N–H and O–H groups in total. The lowest BCUT2D eigenvalue weighted by atomic mass is 9.79. The topological polar surface area (TPSA) is 157 Å². The van der Waals surface area contributed by atoms with Crippen molar-refractivity contribution in [1.82, 2.24) is 35.5 Å². The van der Waals surface area contributed by atoms with Crippen molar-refractivity contribution in [2.45, 2.75) is 76.0 Å². The molecule has 2 amide bonds. The number of aliphatic hydroxyl groups is 1. The van der Waals surface area contributed by atoms with Gasteiger partial charge in [0.15, 0.2) is 11.9 Å². The fourth-order valence-corrected chi connectivity index (χ4v) is 5.28. The minimum absolute atomic E-state index is 0.109. The Kier molecular flexibility index (Phi) is 7.85. The highest BCUT2D eigenvalue weighted by Crippen LogP contribution is 2.44. The number of amides is 2. The first-order valence-electron chi connectivity index (χ1n) is 13.3. The maximum atomic E-state index is 13.9. The summed E-state index contributed by atoms with van der Waals surface area (Å²) in [6.07, 6.45) is 0.0509. The minimum Gasteiger partial charge on any atom is -0.474 e. The van der Waals surface area contributed by atoms with Gasteiger partial charge in [-0.2, -0.15) is 5.10 Å². The van der Waals surface area contributed by atoms with E-state index in [1.54, 1.807) is 6.92 Å². The molecule has 5 rings (SSSR count). The molecule has 1 unspecified atom stereocenters. The van der Waals surface area contributed by atoms with E-state index in [4.69, 9.17) is 4.74 Å². The molecule has 0 aliphatic heterocycles. The van der Waals surface area contributed by atoms with Crippen molar-refractivity contribution < 1.29 is 41.6 Å². The van der Waals surface area contributed by atoms with Crippen LogP contribution in [0.1, 0.15) is 85.9 Å². The van der Waals surface area contributed by atoms with E-state index in [1.165, 1.54) is 23.0 Å². The number of alkyl halides is 4. The molecule has 0 saturated heterocycles. The third kappa shape index (κ3) is 6.57. The van der Waals surface area contributed by atoms with E-state index in [-0.39, 0.29) is 80.3 Å². The molecule has 2 aliphatic carbocycles. The van der Waals surface area contributed by atoms with Gasteiger partial charge in [0.2, 0.25) is 23.4 Å². The number of hydrogen-bond donors (Lipinski definition) is 3. The van der Waals surface area contributed by atoms with Gasteiger partial charge in [-0.25, -0.2) is 31.7 Å². The number of carbonyl (C=O) groups is 2. The summed E-state index contributed by atoms with van der Waals surface area (Å²) in [6, 6.07) is 0.655. The number of rotatable bonds is 10.